The van der Waals surface area contributed by atoms with E-state index in [0.29, 0.717) is 11.6 Å². The maximum atomic E-state index is 11.7. The third-order valence-electron chi connectivity index (χ3n) is 5.47. The molecule has 2 aromatic carbocycles. The average molecular weight is 497 g/mol. The van der Waals surface area contributed by atoms with Crippen LogP contribution in [0.4, 0.5) is 5.95 Å². The Labute approximate surface area is 203 Å². The Bertz CT molecular complexity index is 1370. The van der Waals surface area contributed by atoms with Crippen molar-refractivity contribution in [1.29, 1.82) is 0 Å². The second-order valence-corrected chi connectivity index (χ2v) is 10.7. The van der Waals surface area contributed by atoms with Gasteiger partial charge in [0, 0.05) is 22.9 Å². The van der Waals surface area contributed by atoms with Crippen LogP contribution in [0, 0.1) is 0 Å². The Hall–Kier alpha value is -2.89. The number of benzene rings is 2. The number of rotatable bonds is 9. The standard InChI is InChI=1S/C24H28N6O2S2/c1-30(2)14-6-13-27-24-28-22(21(25)17-9-11-18(12-10-17)34(26,31)32)20-19(15-33-23(20)29-24)16-7-4-3-5-8-16/h3-5,7-12,15,21H,6,13-14,25H2,1-2H3,(H2,26,31,32)(H,27,28,29). The van der Waals surface area contributed by atoms with E-state index in [2.05, 4.69) is 15.6 Å². The van der Waals surface area contributed by atoms with Crippen LogP contribution >= 0.6 is 11.3 Å². The molecule has 34 heavy (non-hydrogen) atoms. The van der Waals surface area contributed by atoms with Gasteiger partial charge in [-0.2, -0.15) is 0 Å². The zero-order valence-corrected chi connectivity index (χ0v) is 20.7. The third kappa shape index (κ3) is 5.43. The number of thiophene rings is 1. The van der Waals surface area contributed by atoms with Gasteiger partial charge in [-0.25, -0.2) is 23.5 Å². The lowest BCUT2D eigenvalue weighted by Crippen LogP contribution is -2.19. The molecule has 2 heterocycles. The summed E-state index contributed by atoms with van der Waals surface area (Å²) in [7, 11) is 0.296. The molecule has 5 N–H and O–H groups in total. The van der Waals surface area contributed by atoms with Crippen LogP contribution in [-0.4, -0.2) is 50.5 Å². The fourth-order valence-corrected chi connectivity index (χ4v) is 5.19. The van der Waals surface area contributed by atoms with E-state index in [-0.39, 0.29) is 4.90 Å². The van der Waals surface area contributed by atoms with Crippen LogP contribution in [0.1, 0.15) is 23.7 Å². The monoisotopic (exact) mass is 496 g/mol. The van der Waals surface area contributed by atoms with Crippen LogP contribution in [0.15, 0.2) is 64.9 Å². The molecule has 10 heteroatoms. The number of nitrogens with one attached hydrogen (secondary N) is 1. The van der Waals surface area contributed by atoms with Gasteiger partial charge in [0.25, 0.3) is 0 Å². The lowest BCUT2D eigenvalue weighted by Gasteiger charge is -2.16. The van der Waals surface area contributed by atoms with Gasteiger partial charge in [0.2, 0.25) is 16.0 Å². The molecule has 4 rings (SSSR count). The summed E-state index contributed by atoms with van der Waals surface area (Å²) in [5.74, 6) is 0.527. The van der Waals surface area contributed by atoms with Gasteiger partial charge in [0.1, 0.15) is 4.83 Å². The van der Waals surface area contributed by atoms with Crippen molar-refractivity contribution in [3.63, 3.8) is 0 Å². The lowest BCUT2D eigenvalue weighted by molar-refractivity contribution is 0.405. The third-order valence-corrected chi connectivity index (χ3v) is 7.28. The van der Waals surface area contributed by atoms with Crippen LogP contribution < -0.4 is 16.2 Å². The van der Waals surface area contributed by atoms with Crippen molar-refractivity contribution in [2.75, 3.05) is 32.5 Å². The van der Waals surface area contributed by atoms with Crippen molar-refractivity contribution in [3.05, 3.63) is 71.2 Å². The van der Waals surface area contributed by atoms with Gasteiger partial charge in [0.15, 0.2) is 0 Å². The van der Waals surface area contributed by atoms with Gasteiger partial charge in [0.05, 0.1) is 16.6 Å². The summed E-state index contributed by atoms with van der Waals surface area (Å²) in [6, 6.07) is 15.8. The molecule has 1 unspecified atom stereocenters. The van der Waals surface area contributed by atoms with Crippen molar-refractivity contribution >= 4 is 37.5 Å². The largest absolute Gasteiger partial charge is 0.354 e. The van der Waals surface area contributed by atoms with Gasteiger partial charge in [-0.1, -0.05) is 42.5 Å². The normalized spacial score (nSPS) is 12.9. The maximum absolute atomic E-state index is 11.7. The van der Waals surface area contributed by atoms with Crippen molar-refractivity contribution in [2.24, 2.45) is 10.9 Å². The molecular weight excluding hydrogens is 468 g/mol. The summed E-state index contributed by atoms with van der Waals surface area (Å²) in [5.41, 5.74) is 10.2. The predicted octanol–water partition coefficient (Wildman–Crippen LogP) is 3.42. The first-order valence-electron chi connectivity index (χ1n) is 10.9. The molecule has 4 aromatic rings. The molecule has 2 aromatic heterocycles. The number of hydrogen-bond donors (Lipinski definition) is 3. The van der Waals surface area contributed by atoms with Crippen LogP contribution in [0.25, 0.3) is 21.3 Å². The molecule has 178 valence electrons. The average Bonchev–Trinajstić information content (AvgIpc) is 3.25. The first-order chi connectivity index (χ1) is 16.2. The van der Waals surface area contributed by atoms with E-state index in [1.807, 2.05) is 44.4 Å². The molecule has 0 radical (unpaired) electrons. The summed E-state index contributed by atoms with van der Waals surface area (Å²) >= 11 is 1.55. The van der Waals surface area contributed by atoms with E-state index >= 15 is 0 Å². The molecule has 0 spiro atoms. The highest BCUT2D eigenvalue weighted by Gasteiger charge is 2.21. The van der Waals surface area contributed by atoms with Crippen LogP contribution in [0.3, 0.4) is 0 Å². The number of fused-ring (bicyclic) bond motifs is 1. The van der Waals surface area contributed by atoms with E-state index in [1.165, 1.54) is 12.1 Å². The van der Waals surface area contributed by atoms with Crippen LogP contribution in [0.2, 0.25) is 0 Å². The molecule has 0 bridgehead atoms. The van der Waals surface area contributed by atoms with Crippen molar-refractivity contribution in [1.82, 2.24) is 14.9 Å². The highest BCUT2D eigenvalue weighted by molar-refractivity contribution is 7.89. The molecule has 8 nitrogen and oxygen atoms in total. The minimum Gasteiger partial charge on any atom is -0.354 e. The Balaban J connectivity index is 1.77. The first kappa shape index (κ1) is 24.2. The summed E-state index contributed by atoms with van der Waals surface area (Å²) in [4.78, 5) is 12.6. The molecule has 0 saturated carbocycles. The van der Waals surface area contributed by atoms with Gasteiger partial charge >= 0.3 is 0 Å². The Kier molecular flexibility index (Phi) is 7.24. The second-order valence-electron chi connectivity index (χ2n) is 8.30. The van der Waals surface area contributed by atoms with E-state index < -0.39 is 16.1 Å². The smallest absolute Gasteiger partial charge is 0.238 e. The highest BCUT2D eigenvalue weighted by Crippen LogP contribution is 2.38. The highest BCUT2D eigenvalue weighted by atomic mass is 32.2. The number of hydrogen-bond acceptors (Lipinski definition) is 8. The number of sulfonamides is 1. The molecular formula is C24H28N6O2S2. The zero-order chi connectivity index (χ0) is 24.3. The summed E-state index contributed by atoms with van der Waals surface area (Å²) in [5, 5.41) is 11.5. The molecule has 0 aliphatic rings. The quantitative estimate of drug-likeness (QED) is 0.303. The predicted molar refractivity (Wildman–Crippen MR) is 138 cm³/mol. The van der Waals surface area contributed by atoms with E-state index in [1.54, 1.807) is 23.5 Å². The fourth-order valence-electron chi connectivity index (χ4n) is 3.72. The Morgan fingerprint density at radius 2 is 1.76 bits per heavy atom. The SMILES string of the molecule is CN(C)CCCNc1nc(C(N)c2ccc(S(N)(=O)=O)cc2)c2c(-c3ccccc3)csc2n1. The minimum absolute atomic E-state index is 0.0417. The summed E-state index contributed by atoms with van der Waals surface area (Å²) in [6.45, 7) is 1.69. The number of primary sulfonamides is 1. The van der Waals surface area contributed by atoms with Crippen LogP contribution in [-0.2, 0) is 10.0 Å². The van der Waals surface area contributed by atoms with Gasteiger partial charge in [-0.3, -0.25) is 0 Å². The van der Waals surface area contributed by atoms with Crippen molar-refractivity contribution < 1.29 is 8.42 Å². The van der Waals surface area contributed by atoms with Gasteiger partial charge in [-0.15, -0.1) is 11.3 Å². The van der Waals surface area contributed by atoms with Crippen molar-refractivity contribution in [3.8, 4) is 11.1 Å². The number of nitrogens with two attached hydrogens (primary N) is 2. The first-order valence-corrected chi connectivity index (χ1v) is 13.3. The molecule has 0 aliphatic carbocycles. The number of aromatic nitrogens is 2. The van der Waals surface area contributed by atoms with E-state index in [4.69, 9.17) is 20.8 Å². The summed E-state index contributed by atoms with van der Waals surface area (Å²) in [6.07, 6.45) is 0.949. The minimum atomic E-state index is -3.78. The number of anilines is 1. The van der Waals surface area contributed by atoms with Crippen molar-refractivity contribution in [2.45, 2.75) is 17.4 Å². The van der Waals surface area contributed by atoms with E-state index in [0.717, 1.165) is 46.4 Å². The van der Waals surface area contributed by atoms with E-state index in [9.17, 15) is 8.42 Å². The molecule has 0 fully saturated rings. The lowest BCUT2D eigenvalue weighted by atomic mass is 9.98. The van der Waals surface area contributed by atoms with Gasteiger partial charge in [-0.05, 0) is 50.3 Å². The topological polar surface area (TPSA) is 127 Å². The second kappa shape index (κ2) is 10.2. The molecule has 0 amide bonds. The number of nitrogens with zero attached hydrogens (tertiary/aromatic N) is 3. The fraction of sp³-hybridized carbons (Fsp3) is 0.250. The Morgan fingerprint density at radius 3 is 2.41 bits per heavy atom. The van der Waals surface area contributed by atoms with Gasteiger partial charge < -0.3 is 16.0 Å². The Morgan fingerprint density at radius 1 is 1.06 bits per heavy atom. The summed E-state index contributed by atoms with van der Waals surface area (Å²) < 4.78 is 23.3. The zero-order valence-electron chi connectivity index (χ0n) is 19.1. The van der Waals surface area contributed by atoms with Crippen LogP contribution in [0.5, 0.6) is 0 Å². The maximum Gasteiger partial charge on any atom is 0.238 e. The molecule has 0 aliphatic heterocycles. The molecule has 1 atom stereocenters. The molecule has 0 saturated heterocycles.